The van der Waals surface area contributed by atoms with E-state index in [4.69, 9.17) is 15.4 Å². The Morgan fingerprint density at radius 2 is 1.76 bits per heavy atom. The number of anilines is 1. The summed E-state index contributed by atoms with van der Waals surface area (Å²) >= 11 is 0. The lowest BCUT2D eigenvalue weighted by atomic mass is 10.1. The first-order valence-corrected chi connectivity index (χ1v) is 5.38. The summed E-state index contributed by atoms with van der Waals surface area (Å²) in [4.78, 5) is 6.57. The topological polar surface area (TPSA) is 57.0 Å². The first-order chi connectivity index (χ1) is 8.13. The Labute approximate surface area is 102 Å². The van der Waals surface area contributed by atoms with Crippen LogP contribution in [-0.2, 0) is 11.3 Å². The van der Waals surface area contributed by atoms with Crippen molar-refractivity contribution in [2.45, 2.75) is 6.42 Å². The van der Waals surface area contributed by atoms with Crippen molar-refractivity contribution in [2.75, 3.05) is 39.8 Å². The Morgan fingerprint density at radius 3 is 2.24 bits per heavy atom. The fourth-order valence-electron chi connectivity index (χ4n) is 1.66. The van der Waals surface area contributed by atoms with Gasteiger partial charge in [0.25, 0.3) is 0 Å². The molecule has 1 aromatic rings. The van der Waals surface area contributed by atoms with Gasteiger partial charge < -0.3 is 19.2 Å². The van der Waals surface area contributed by atoms with E-state index in [-0.39, 0.29) is 0 Å². The highest BCUT2D eigenvalue weighted by atomic mass is 16.6. The first kappa shape index (κ1) is 13.6. The van der Waals surface area contributed by atoms with Crippen LogP contribution in [0.2, 0.25) is 0 Å². The molecule has 0 fully saturated rings. The number of benzene rings is 1. The summed E-state index contributed by atoms with van der Waals surface area (Å²) in [7, 11) is 7.21. The van der Waals surface area contributed by atoms with Crippen molar-refractivity contribution < 1.29 is 14.3 Å². The molecule has 5 nitrogen and oxygen atoms in total. The second-order valence-corrected chi connectivity index (χ2v) is 3.85. The molecule has 96 valence electrons. The molecule has 1 aromatic carbocycles. The zero-order valence-corrected chi connectivity index (χ0v) is 10.8. The molecule has 5 heteroatoms. The number of ether oxygens (including phenoxy) is 2. The molecule has 17 heavy (non-hydrogen) atoms. The standard InChI is InChI=1S/C12H20N2O3/c1-14(2)10-8-11(15-3)9(5-6-17-13)7-12(10)16-4/h7-8H,5-6,13H2,1-4H3. The van der Waals surface area contributed by atoms with Gasteiger partial charge in [0.1, 0.15) is 11.5 Å². The van der Waals surface area contributed by atoms with E-state index in [0.717, 1.165) is 22.7 Å². The molecule has 0 aliphatic rings. The summed E-state index contributed by atoms with van der Waals surface area (Å²) in [6, 6.07) is 3.90. The highest BCUT2D eigenvalue weighted by molar-refractivity contribution is 5.63. The monoisotopic (exact) mass is 240 g/mol. The van der Waals surface area contributed by atoms with Gasteiger partial charge in [0.15, 0.2) is 0 Å². The summed E-state index contributed by atoms with van der Waals surface area (Å²) in [6.45, 7) is 0.445. The molecule has 1 rings (SSSR count). The zero-order valence-electron chi connectivity index (χ0n) is 10.8. The van der Waals surface area contributed by atoms with Crippen LogP contribution in [-0.4, -0.2) is 34.9 Å². The highest BCUT2D eigenvalue weighted by Gasteiger charge is 2.12. The minimum Gasteiger partial charge on any atom is -0.496 e. The van der Waals surface area contributed by atoms with Crippen molar-refractivity contribution in [2.24, 2.45) is 5.90 Å². The van der Waals surface area contributed by atoms with Gasteiger partial charge in [0.05, 0.1) is 26.5 Å². The molecule has 0 radical (unpaired) electrons. The Morgan fingerprint density at radius 1 is 1.12 bits per heavy atom. The van der Waals surface area contributed by atoms with Crippen LogP contribution in [0.3, 0.4) is 0 Å². The molecule has 0 atom stereocenters. The van der Waals surface area contributed by atoms with Crippen molar-refractivity contribution in [3.05, 3.63) is 17.7 Å². The van der Waals surface area contributed by atoms with Gasteiger partial charge in [-0.25, -0.2) is 5.90 Å². The Kier molecular flexibility index (Phi) is 5.06. The third kappa shape index (κ3) is 3.25. The summed E-state index contributed by atoms with van der Waals surface area (Å²) in [5.74, 6) is 6.66. The highest BCUT2D eigenvalue weighted by Crippen LogP contribution is 2.34. The lowest BCUT2D eigenvalue weighted by Gasteiger charge is -2.19. The molecule has 0 aliphatic heterocycles. The van der Waals surface area contributed by atoms with Crippen LogP contribution in [0, 0.1) is 0 Å². The average molecular weight is 240 g/mol. The van der Waals surface area contributed by atoms with Crippen molar-refractivity contribution in [1.82, 2.24) is 0 Å². The average Bonchev–Trinajstić information content (AvgIpc) is 2.34. The van der Waals surface area contributed by atoms with Crippen LogP contribution in [0.15, 0.2) is 12.1 Å². The number of hydrogen-bond donors (Lipinski definition) is 1. The maximum Gasteiger partial charge on any atom is 0.142 e. The second kappa shape index (κ2) is 6.32. The van der Waals surface area contributed by atoms with Gasteiger partial charge >= 0.3 is 0 Å². The van der Waals surface area contributed by atoms with Crippen LogP contribution in [0.4, 0.5) is 5.69 Å². The SMILES string of the molecule is COc1cc(N(C)C)c(OC)cc1CCON. The van der Waals surface area contributed by atoms with Gasteiger partial charge in [-0.05, 0) is 6.07 Å². The molecule has 0 saturated carbocycles. The van der Waals surface area contributed by atoms with Crippen LogP contribution < -0.4 is 20.3 Å². The molecule has 0 bridgehead atoms. The summed E-state index contributed by atoms with van der Waals surface area (Å²) < 4.78 is 10.7. The van der Waals surface area contributed by atoms with Gasteiger partial charge in [-0.3, -0.25) is 0 Å². The van der Waals surface area contributed by atoms with Gasteiger partial charge in [0.2, 0.25) is 0 Å². The maximum atomic E-state index is 5.36. The van der Waals surface area contributed by atoms with Gasteiger partial charge in [0, 0.05) is 32.1 Å². The predicted molar refractivity (Wildman–Crippen MR) is 67.7 cm³/mol. The quantitative estimate of drug-likeness (QED) is 0.757. The van der Waals surface area contributed by atoms with Crippen LogP contribution in [0.5, 0.6) is 11.5 Å². The number of nitrogens with two attached hydrogens (primary N) is 1. The van der Waals surface area contributed by atoms with Crippen LogP contribution in [0.25, 0.3) is 0 Å². The first-order valence-electron chi connectivity index (χ1n) is 5.38. The fourth-order valence-corrected chi connectivity index (χ4v) is 1.66. The predicted octanol–water partition coefficient (Wildman–Crippen LogP) is 1.20. The van der Waals surface area contributed by atoms with E-state index in [1.54, 1.807) is 14.2 Å². The molecule has 0 spiro atoms. The second-order valence-electron chi connectivity index (χ2n) is 3.85. The van der Waals surface area contributed by atoms with Crippen LogP contribution >= 0.6 is 0 Å². The number of hydrogen-bond acceptors (Lipinski definition) is 5. The summed E-state index contributed by atoms with van der Waals surface area (Å²) in [6.07, 6.45) is 0.684. The van der Waals surface area contributed by atoms with Crippen molar-refractivity contribution in [3.63, 3.8) is 0 Å². The van der Waals surface area contributed by atoms with Gasteiger partial charge in [-0.1, -0.05) is 0 Å². The molecule has 0 saturated heterocycles. The number of nitrogens with zero attached hydrogens (tertiary/aromatic N) is 1. The van der Waals surface area contributed by atoms with E-state index in [1.807, 2.05) is 31.1 Å². The smallest absolute Gasteiger partial charge is 0.142 e. The molecular formula is C12H20N2O3. The van der Waals surface area contributed by atoms with Crippen molar-refractivity contribution in [3.8, 4) is 11.5 Å². The van der Waals surface area contributed by atoms with Gasteiger partial charge in [-0.2, -0.15) is 0 Å². The normalized spacial score (nSPS) is 10.2. The van der Waals surface area contributed by atoms with E-state index in [2.05, 4.69) is 4.84 Å². The fraction of sp³-hybridized carbons (Fsp3) is 0.500. The third-order valence-corrected chi connectivity index (χ3v) is 2.55. The summed E-state index contributed by atoms with van der Waals surface area (Å²) in [5.41, 5.74) is 1.99. The van der Waals surface area contributed by atoms with Crippen molar-refractivity contribution in [1.29, 1.82) is 0 Å². The summed E-state index contributed by atoms with van der Waals surface area (Å²) in [5, 5.41) is 0. The largest absolute Gasteiger partial charge is 0.496 e. The number of methoxy groups -OCH3 is 2. The van der Waals surface area contributed by atoms with Gasteiger partial charge in [-0.15, -0.1) is 0 Å². The van der Waals surface area contributed by atoms with Crippen LogP contribution in [0.1, 0.15) is 5.56 Å². The van der Waals surface area contributed by atoms with E-state index >= 15 is 0 Å². The third-order valence-electron chi connectivity index (χ3n) is 2.55. The minimum absolute atomic E-state index is 0.445. The molecular weight excluding hydrogens is 220 g/mol. The lowest BCUT2D eigenvalue weighted by molar-refractivity contribution is 0.140. The Hall–Kier alpha value is -1.46. The molecule has 0 amide bonds. The maximum absolute atomic E-state index is 5.36. The molecule has 0 aliphatic carbocycles. The minimum atomic E-state index is 0.445. The molecule has 0 aromatic heterocycles. The Balaban J connectivity index is 3.13. The number of rotatable bonds is 6. The van der Waals surface area contributed by atoms with E-state index in [9.17, 15) is 0 Å². The molecule has 0 unspecified atom stereocenters. The zero-order chi connectivity index (χ0) is 12.8. The van der Waals surface area contributed by atoms with E-state index in [1.165, 1.54) is 0 Å². The molecule has 2 N–H and O–H groups in total. The lowest BCUT2D eigenvalue weighted by Crippen LogP contribution is -2.11. The molecule has 0 heterocycles. The van der Waals surface area contributed by atoms with Crippen molar-refractivity contribution >= 4 is 5.69 Å². The van der Waals surface area contributed by atoms with E-state index < -0.39 is 0 Å². The van der Waals surface area contributed by atoms with E-state index in [0.29, 0.717) is 13.0 Å². The Bertz CT molecular complexity index is 367.